The molecule has 0 aliphatic rings. The van der Waals surface area contributed by atoms with E-state index in [2.05, 4.69) is 39.8 Å². The average Bonchev–Trinajstić information content (AvgIpc) is 2.38. The molecule has 0 unspecified atom stereocenters. The summed E-state index contributed by atoms with van der Waals surface area (Å²) in [7, 11) is 0. The Balaban J connectivity index is 2.84. The molecule has 0 radical (unpaired) electrons. The summed E-state index contributed by atoms with van der Waals surface area (Å²) < 4.78 is 0. The van der Waals surface area contributed by atoms with Crippen LogP contribution in [0.4, 0.5) is 11.6 Å². The highest BCUT2D eigenvalue weighted by atomic mass is 16.1. The molecule has 0 aliphatic heterocycles. The first-order valence-electron chi connectivity index (χ1n) is 7.06. The summed E-state index contributed by atoms with van der Waals surface area (Å²) in [6.07, 6.45) is 0. The highest BCUT2D eigenvalue weighted by molar-refractivity contribution is 5.72. The van der Waals surface area contributed by atoms with Gasteiger partial charge in [-0.3, -0.25) is 4.79 Å². The molecule has 1 heterocycles. The molecule has 1 aromatic heterocycles. The zero-order valence-electron chi connectivity index (χ0n) is 13.0. The summed E-state index contributed by atoms with van der Waals surface area (Å²) in [5.41, 5.74) is 0.999. The molecular weight excluding hydrogens is 254 g/mol. The summed E-state index contributed by atoms with van der Waals surface area (Å²) in [4.78, 5) is 19.9. The highest BCUT2D eigenvalue weighted by Gasteiger charge is 2.12. The van der Waals surface area contributed by atoms with Gasteiger partial charge in [0.05, 0.1) is 0 Å². The average molecular weight is 279 g/mol. The highest BCUT2D eigenvalue weighted by Crippen LogP contribution is 2.22. The van der Waals surface area contributed by atoms with Crippen molar-refractivity contribution in [2.24, 2.45) is 0 Å². The van der Waals surface area contributed by atoms with Crippen LogP contribution in [-0.2, 0) is 4.79 Å². The van der Waals surface area contributed by atoms with Gasteiger partial charge in [0.2, 0.25) is 5.91 Å². The van der Waals surface area contributed by atoms with E-state index in [0.29, 0.717) is 13.1 Å². The van der Waals surface area contributed by atoms with E-state index in [1.54, 1.807) is 0 Å². The van der Waals surface area contributed by atoms with Gasteiger partial charge in [-0.1, -0.05) is 13.8 Å². The molecule has 6 nitrogen and oxygen atoms in total. The Labute approximate surface area is 120 Å². The number of hydrogen-bond acceptors (Lipinski definition) is 5. The largest absolute Gasteiger partial charge is 0.370 e. The fraction of sp³-hybridized carbons (Fsp3) is 0.643. The number of rotatable bonds is 7. The smallest absolute Gasteiger partial charge is 0.216 e. The number of nitrogens with one attached hydrogen (secondary N) is 3. The first kappa shape index (κ1) is 16.2. The van der Waals surface area contributed by atoms with E-state index in [4.69, 9.17) is 0 Å². The zero-order chi connectivity index (χ0) is 15.1. The van der Waals surface area contributed by atoms with Gasteiger partial charge in [-0.25, -0.2) is 9.97 Å². The monoisotopic (exact) mass is 279 g/mol. The number of anilines is 2. The Morgan fingerprint density at radius 1 is 1.15 bits per heavy atom. The van der Waals surface area contributed by atoms with Gasteiger partial charge in [-0.05, 0) is 13.8 Å². The molecule has 0 bridgehead atoms. The number of amides is 1. The molecule has 0 spiro atoms. The van der Waals surface area contributed by atoms with Crippen molar-refractivity contribution in [2.45, 2.75) is 40.5 Å². The molecule has 0 saturated heterocycles. The van der Waals surface area contributed by atoms with E-state index in [1.807, 2.05) is 13.8 Å². The minimum atomic E-state index is -0.0255. The fourth-order valence-corrected chi connectivity index (χ4v) is 1.72. The second-order valence-electron chi connectivity index (χ2n) is 5.00. The van der Waals surface area contributed by atoms with Gasteiger partial charge >= 0.3 is 0 Å². The molecule has 0 aliphatic carbocycles. The van der Waals surface area contributed by atoms with Crippen LogP contribution in [0.15, 0.2) is 0 Å². The van der Waals surface area contributed by atoms with Crippen LogP contribution in [-0.4, -0.2) is 35.5 Å². The van der Waals surface area contributed by atoms with Crippen LogP contribution in [0.3, 0.4) is 0 Å². The Morgan fingerprint density at radius 3 is 2.25 bits per heavy atom. The van der Waals surface area contributed by atoms with Crippen LogP contribution >= 0.6 is 0 Å². The molecular formula is C14H25N5O. The fourth-order valence-electron chi connectivity index (χ4n) is 1.72. The van der Waals surface area contributed by atoms with Gasteiger partial charge in [-0.15, -0.1) is 0 Å². The van der Waals surface area contributed by atoms with Crippen molar-refractivity contribution in [1.29, 1.82) is 0 Å². The molecule has 0 aromatic carbocycles. The van der Waals surface area contributed by atoms with E-state index in [0.717, 1.165) is 29.6 Å². The van der Waals surface area contributed by atoms with Gasteiger partial charge in [0, 0.05) is 38.0 Å². The lowest BCUT2D eigenvalue weighted by Crippen LogP contribution is -2.27. The Kier molecular flexibility index (Phi) is 6.21. The van der Waals surface area contributed by atoms with Crippen LogP contribution in [0.1, 0.15) is 45.0 Å². The van der Waals surface area contributed by atoms with E-state index in [1.165, 1.54) is 6.92 Å². The van der Waals surface area contributed by atoms with Gasteiger partial charge in [-0.2, -0.15) is 0 Å². The Morgan fingerprint density at radius 2 is 1.75 bits per heavy atom. The van der Waals surface area contributed by atoms with Gasteiger partial charge in [0.15, 0.2) is 0 Å². The van der Waals surface area contributed by atoms with Gasteiger partial charge < -0.3 is 16.0 Å². The molecule has 1 amide bonds. The Hall–Kier alpha value is -1.85. The predicted octanol–water partition coefficient (Wildman–Crippen LogP) is 1.89. The molecule has 0 atom stereocenters. The molecule has 3 N–H and O–H groups in total. The topological polar surface area (TPSA) is 78.9 Å². The minimum absolute atomic E-state index is 0.0255. The maximum atomic E-state index is 10.8. The number of aromatic nitrogens is 2. The maximum absolute atomic E-state index is 10.8. The molecule has 1 aromatic rings. The third kappa shape index (κ3) is 4.68. The third-order valence-electron chi connectivity index (χ3n) is 2.82. The Bertz CT molecular complexity index is 459. The van der Waals surface area contributed by atoms with E-state index in [-0.39, 0.29) is 11.8 Å². The first-order chi connectivity index (χ1) is 9.45. The number of hydrogen-bond donors (Lipinski definition) is 3. The van der Waals surface area contributed by atoms with Crippen LogP contribution < -0.4 is 16.0 Å². The van der Waals surface area contributed by atoms with Crippen molar-refractivity contribution in [3.63, 3.8) is 0 Å². The van der Waals surface area contributed by atoms with Gasteiger partial charge in [0.25, 0.3) is 0 Å². The second kappa shape index (κ2) is 7.67. The number of carbonyl (C=O) groups is 1. The van der Waals surface area contributed by atoms with Crippen LogP contribution in [0.25, 0.3) is 0 Å². The second-order valence-corrected chi connectivity index (χ2v) is 5.00. The summed E-state index contributed by atoms with van der Waals surface area (Å²) in [6, 6.07) is 0. The molecule has 0 fully saturated rings. The third-order valence-corrected chi connectivity index (χ3v) is 2.82. The standard InChI is InChI=1S/C14H25N5O/c1-6-15-13-10(4)14(17-8-7-16-11(5)20)19-12(18-13)9(2)3/h9H,6-8H2,1-5H3,(H,16,20)(H2,15,17,18,19). The molecule has 112 valence electrons. The van der Waals surface area contributed by atoms with Crippen molar-refractivity contribution in [3.05, 3.63) is 11.4 Å². The molecule has 1 rings (SSSR count). The van der Waals surface area contributed by atoms with Crippen molar-refractivity contribution in [1.82, 2.24) is 15.3 Å². The van der Waals surface area contributed by atoms with Crippen LogP contribution in [0, 0.1) is 6.92 Å². The quantitative estimate of drug-likeness (QED) is 0.664. The van der Waals surface area contributed by atoms with Crippen molar-refractivity contribution < 1.29 is 4.79 Å². The van der Waals surface area contributed by atoms with Crippen molar-refractivity contribution >= 4 is 17.5 Å². The SMILES string of the molecule is CCNc1nc(C(C)C)nc(NCCNC(C)=O)c1C. The number of nitrogens with zero attached hydrogens (tertiary/aromatic N) is 2. The van der Waals surface area contributed by atoms with Crippen molar-refractivity contribution in [3.8, 4) is 0 Å². The molecule has 6 heteroatoms. The molecule has 20 heavy (non-hydrogen) atoms. The summed E-state index contributed by atoms with van der Waals surface area (Å²) in [5, 5.41) is 9.27. The van der Waals surface area contributed by atoms with E-state index in [9.17, 15) is 4.79 Å². The van der Waals surface area contributed by atoms with Gasteiger partial charge in [0.1, 0.15) is 17.5 Å². The lowest BCUT2D eigenvalue weighted by Gasteiger charge is -2.16. The maximum Gasteiger partial charge on any atom is 0.216 e. The predicted molar refractivity (Wildman–Crippen MR) is 82.2 cm³/mol. The molecule has 0 saturated carbocycles. The van der Waals surface area contributed by atoms with Crippen molar-refractivity contribution in [2.75, 3.05) is 30.3 Å². The minimum Gasteiger partial charge on any atom is -0.370 e. The first-order valence-corrected chi connectivity index (χ1v) is 7.06. The summed E-state index contributed by atoms with van der Waals surface area (Å²) >= 11 is 0. The summed E-state index contributed by atoms with van der Waals surface area (Å²) in [5.74, 6) is 2.75. The zero-order valence-corrected chi connectivity index (χ0v) is 13.0. The lowest BCUT2D eigenvalue weighted by atomic mass is 10.2. The van der Waals surface area contributed by atoms with E-state index < -0.39 is 0 Å². The number of carbonyl (C=O) groups excluding carboxylic acids is 1. The van der Waals surface area contributed by atoms with Crippen LogP contribution in [0.2, 0.25) is 0 Å². The lowest BCUT2D eigenvalue weighted by molar-refractivity contribution is -0.118. The van der Waals surface area contributed by atoms with Crippen LogP contribution in [0.5, 0.6) is 0 Å². The summed E-state index contributed by atoms with van der Waals surface area (Å²) in [6.45, 7) is 11.7. The normalized spacial score (nSPS) is 10.5. The van der Waals surface area contributed by atoms with E-state index >= 15 is 0 Å².